The summed E-state index contributed by atoms with van der Waals surface area (Å²) in [5.41, 5.74) is 0. The van der Waals surface area contributed by atoms with E-state index >= 15 is 0 Å². The Hall–Kier alpha value is 0.210. The molecular formula is C10H21ClNO+. The van der Waals surface area contributed by atoms with Crippen LogP contribution in [0.5, 0.6) is 0 Å². The molecule has 1 heterocycles. The predicted octanol–water partition coefficient (Wildman–Crippen LogP) is 2.42. The van der Waals surface area contributed by atoms with Crippen LogP contribution in [0, 0.1) is 5.92 Å². The number of likely N-dealkylation sites (tertiary alicyclic amines) is 1. The molecule has 0 bridgehead atoms. The molecule has 1 rings (SSSR count). The molecule has 13 heavy (non-hydrogen) atoms. The molecule has 2 nitrogen and oxygen atoms in total. The lowest BCUT2D eigenvalue weighted by Crippen LogP contribution is -2.48. The van der Waals surface area contributed by atoms with Gasteiger partial charge in [0.2, 0.25) is 0 Å². The van der Waals surface area contributed by atoms with Gasteiger partial charge in [0.1, 0.15) is 13.1 Å². The number of halogens is 1. The van der Waals surface area contributed by atoms with E-state index in [2.05, 4.69) is 7.05 Å². The lowest BCUT2D eigenvalue weighted by atomic mass is 9.92. The molecule has 1 aliphatic rings. The molecule has 1 saturated heterocycles. The first-order chi connectivity index (χ1) is 6.20. The second-order valence-electron chi connectivity index (χ2n) is 4.20. The van der Waals surface area contributed by atoms with Crippen molar-refractivity contribution < 1.29 is 9.48 Å². The Morgan fingerprint density at radius 1 is 1.38 bits per heavy atom. The van der Waals surface area contributed by atoms with Gasteiger partial charge in [0.15, 0.2) is 0 Å². The third-order valence-electron chi connectivity index (χ3n) is 3.21. The van der Waals surface area contributed by atoms with Crippen molar-refractivity contribution in [3.05, 3.63) is 0 Å². The molecule has 0 aromatic heterocycles. The second-order valence-corrected chi connectivity index (χ2v) is 4.58. The predicted molar refractivity (Wildman–Crippen MR) is 55.6 cm³/mol. The fourth-order valence-electron chi connectivity index (χ4n) is 2.00. The van der Waals surface area contributed by atoms with Gasteiger partial charge in [-0.2, -0.15) is 4.65 Å². The largest absolute Gasteiger partial charge is 0.206 e. The quantitative estimate of drug-likeness (QED) is 0.507. The minimum absolute atomic E-state index is 0.789. The van der Waals surface area contributed by atoms with Crippen molar-refractivity contribution in [1.29, 1.82) is 0 Å². The van der Waals surface area contributed by atoms with Crippen molar-refractivity contribution >= 4 is 11.6 Å². The van der Waals surface area contributed by atoms with Crippen molar-refractivity contribution in [3.8, 4) is 0 Å². The third-order valence-corrected chi connectivity index (χ3v) is 3.47. The minimum Gasteiger partial charge on any atom is -0.206 e. The SMILES string of the molecule is CO[N+]1(C)CCC(CCCCl)CC1. The zero-order valence-electron chi connectivity index (χ0n) is 8.76. The Bertz CT molecular complexity index is 144. The summed E-state index contributed by atoms with van der Waals surface area (Å²) in [6.07, 6.45) is 5.05. The number of hydroxylamine groups is 3. The van der Waals surface area contributed by atoms with E-state index in [1.165, 1.54) is 25.7 Å². The zero-order chi connectivity index (χ0) is 9.73. The van der Waals surface area contributed by atoms with Gasteiger partial charge in [-0.25, -0.2) is 4.84 Å². The van der Waals surface area contributed by atoms with Gasteiger partial charge in [-0.3, -0.25) is 0 Å². The summed E-state index contributed by atoms with van der Waals surface area (Å²) in [5.74, 6) is 1.70. The van der Waals surface area contributed by atoms with Crippen LogP contribution in [0.2, 0.25) is 0 Å². The van der Waals surface area contributed by atoms with E-state index in [1.807, 2.05) is 0 Å². The molecule has 0 aromatic carbocycles. The maximum atomic E-state index is 5.68. The fraction of sp³-hybridized carbons (Fsp3) is 1.00. The van der Waals surface area contributed by atoms with Gasteiger partial charge in [0, 0.05) is 18.7 Å². The highest BCUT2D eigenvalue weighted by Crippen LogP contribution is 2.25. The van der Waals surface area contributed by atoms with Crippen molar-refractivity contribution in [1.82, 2.24) is 0 Å². The van der Waals surface area contributed by atoms with E-state index in [1.54, 1.807) is 7.11 Å². The Morgan fingerprint density at radius 2 is 2.00 bits per heavy atom. The average Bonchev–Trinajstić information content (AvgIpc) is 2.17. The van der Waals surface area contributed by atoms with Crippen LogP contribution in [0.15, 0.2) is 0 Å². The summed E-state index contributed by atoms with van der Waals surface area (Å²) in [6.45, 7) is 2.31. The lowest BCUT2D eigenvalue weighted by molar-refractivity contribution is -1.09. The van der Waals surface area contributed by atoms with Gasteiger partial charge < -0.3 is 0 Å². The first-order valence-corrected chi connectivity index (χ1v) is 5.70. The van der Waals surface area contributed by atoms with Crippen molar-refractivity contribution in [3.63, 3.8) is 0 Å². The summed E-state index contributed by atoms with van der Waals surface area (Å²) in [7, 11) is 3.97. The molecule has 1 fully saturated rings. The van der Waals surface area contributed by atoms with Crippen molar-refractivity contribution in [2.45, 2.75) is 25.7 Å². The van der Waals surface area contributed by atoms with E-state index in [-0.39, 0.29) is 0 Å². The minimum atomic E-state index is 0.789. The number of rotatable bonds is 4. The second kappa shape index (κ2) is 5.18. The van der Waals surface area contributed by atoms with E-state index in [0.29, 0.717) is 0 Å². The molecule has 0 amide bonds. The molecule has 0 saturated carbocycles. The summed E-state index contributed by atoms with van der Waals surface area (Å²) in [5, 5.41) is 0. The Morgan fingerprint density at radius 3 is 2.46 bits per heavy atom. The van der Waals surface area contributed by atoms with Crippen LogP contribution in [-0.2, 0) is 4.84 Å². The van der Waals surface area contributed by atoms with Gasteiger partial charge in [-0.05, 0) is 18.8 Å². The molecule has 78 valence electrons. The topological polar surface area (TPSA) is 9.23 Å². The third kappa shape index (κ3) is 3.45. The molecular weight excluding hydrogens is 186 g/mol. The molecule has 1 aliphatic heterocycles. The van der Waals surface area contributed by atoms with Gasteiger partial charge in [-0.1, -0.05) is 0 Å². The fourth-order valence-corrected chi connectivity index (χ4v) is 2.16. The lowest BCUT2D eigenvalue weighted by Gasteiger charge is -2.36. The van der Waals surface area contributed by atoms with Gasteiger partial charge in [0.25, 0.3) is 0 Å². The highest BCUT2D eigenvalue weighted by Gasteiger charge is 2.30. The van der Waals surface area contributed by atoms with Crippen LogP contribution in [-0.4, -0.2) is 37.8 Å². The maximum Gasteiger partial charge on any atom is 0.109 e. The average molecular weight is 207 g/mol. The summed E-state index contributed by atoms with van der Waals surface area (Å²) < 4.78 is 0.789. The monoisotopic (exact) mass is 206 g/mol. The van der Waals surface area contributed by atoms with E-state index in [4.69, 9.17) is 16.4 Å². The normalized spacial score (nSPS) is 34.8. The van der Waals surface area contributed by atoms with Gasteiger partial charge in [0.05, 0.1) is 14.2 Å². The molecule has 3 heteroatoms. The van der Waals surface area contributed by atoms with Crippen LogP contribution in [0.25, 0.3) is 0 Å². The molecule has 0 atom stereocenters. The summed E-state index contributed by atoms with van der Waals surface area (Å²) in [6, 6.07) is 0. The highest BCUT2D eigenvalue weighted by molar-refractivity contribution is 6.17. The van der Waals surface area contributed by atoms with Crippen LogP contribution in [0.4, 0.5) is 0 Å². The standard InChI is InChI=1S/C10H21ClNO/c1-12(13-2)8-5-10(6-9-12)4-3-7-11/h10H,3-9H2,1-2H3/q+1. The Labute approximate surface area is 86.4 Å². The molecule has 0 spiro atoms. The number of hydrogen-bond donors (Lipinski definition) is 0. The molecule has 0 unspecified atom stereocenters. The first kappa shape index (κ1) is 11.3. The van der Waals surface area contributed by atoms with Crippen LogP contribution in [0.3, 0.4) is 0 Å². The molecule has 0 N–H and O–H groups in total. The zero-order valence-corrected chi connectivity index (χ0v) is 9.52. The van der Waals surface area contributed by atoms with E-state index in [0.717, 1.165) is 29.5 Å². The van der Waals surface area contributed by atoms with E-state index in [9.17, 15) is 0 Å². The summed E-state index contributed by atoms with van der Waals surface area (Å²) >= 11 is 5.68. The Kier molecular flexibility index (Phi) is 4.50. The van der Waals surface area contributed by atoms with Crippen LogP contribution < -0.4 is 0 Å². The van der Waals surface area contributed by atoms with Crippen LogP contribution >= 0.6 is 11.6 Å². The smallest absolute Gasteiger partial charge is 0.109 e. The van der Waals surface area contributed by atoms with E-state index < -0.39 is 0 Å². The molecule has 0 aliphatic carbocycles. The number of alkyl halides is 1. The van der Waals surface area contributed by atoms with Gasteiger partial charge in [-0.15, -0.1) is 11.6 Å². The molecule has 0 radical (unpaired) electrons. The molecule has 0 aromatic rings. The number of hydrogen-bond acceptors (Lipinski definition) is 1. The van der Waals surface area contributed by atoms with Crippen molar-refractivity contribution in [2.75, 3.05) is 33.1 Å². The van der Waals surface area contributed by atoms with Crippen molar-refractivity contribution in [2.24, 2.45) is 5.92 Å². The first-order valence-electron chi connectivity index (χ1n) is 5.16. The highest BCUT2D eigenvalue weighted by atomic mass is 35.5. The van der Waals surface area contributed by atoms with Gasteiger partial charge >= 0.3 is 0 Å². The number of nitrogens with zero attached hydrogens (tertiary/aromatic N) is 1. The Balaban J connectivity index is 2.22. The van der Waals surface area contributed by atoms with Crippen LogP contribution in [0.1, 0.15) is 25.7 Å². The maximum absolute atomic E-state index is 5.68. The number of quaternary nitrogens is 1. The summed E-state index contributed by atoms with van der Waals surface area (Å²) in [4.78, 5) is 5.44. The number of piperidine rings is 1.